The van der Waals surface area contributed by atoms with Crippen LogP contribution in [0.4, 0.5) is 0 Å². The summed E-state index contributed by atoms with van der Waals surface area (Å²) < 4.78 is 5.96. The van der Waals surface area contributed by atoms with E-state index in [9.17, 15) is 19.5 Å². The number of hydrogen-bond donors (Lipinski definition) is 1. The Kier molecular flexibility index (Phi) is 3.74. The van der Waals surface area contributed by atoms with Crippen molar-refractivity contribution < 1.29 is 24.2 Å². The summed E-state index contributed by atoms with van der Waals surface area (Å²) in [6, 6.07) is 0. The van der Waals surface area contributed by atoms with E-state index in [1.807, 2.05) is 0 Å². The highest BCUT2D eigenvalue weighted by atomic mass is 16.6. The van der Waals surface area contributed by atoms with Crippen molar-refractivity contribution in [2.24, 2.45) is 34.5 Å². The second-order valence-corrected chi connectivity index (χ2v) is 10.5. The van der Waals surface area contributed by atoms with Crippen molar-refractivity contribution in [3.63, 3.8) is 0 Å². The molecule has 4 fully saturated rings. The first-order valence-corrected chi connectivity index (χ1v) is 10.9. The van der Waals surface area contributed by atoms with Crippen molar-refractivity contribution in [1.29, 1.82) is 0 Å². The van der Waals surface area contributed by atoms with Gasteiger partial charge in [0.15, 0.2) is 5.78 Å². The third-order valence-corrected chi connectivity index (χ3v) is 9.66. The normalized spacial score (nSPS) is 49.9. The van der Waals surface area contributed by atoms with Crippen LogP contribution >= 0.6 is 0 Å². The van der Waals surface area contributed by atoms with Gasteiger partial charge in [0.1, 0.15) is 5.60 Å². The molecular formula is C23H30O5. The molecule has 0 aromatic carbocycles. The molecule has 1 N–H and O–H groups in total. The summed E-state index contributed by atoms with van der Waals surface area (Å²) in [6.07, 6.45) is 8.71. The van der Waals surface area contributed by atoms with Crippen LogP contribution in [0.15, 0.2) is 11.6 Å². The van der Waals surface area contributed by atoms with Gasteiger partial charge in [-0.05, 0) is 74.2 Å². The number of fused-ring (bicyclic) bond motifs is 6. The van der Waals surface area contributed by atoms with Gasteiger partial charge in [0.05, 0.1) is 5.92 Å². The number of esters is 1. The van der Waals surface area contributed by atoms with Crippen LogP contribution < -0.4 is 0 Å². The molecule has 152 valence electrons. The van der Waals surface area contributed by atoms with E-state index >= 15 is 0 Å². The Bertz CT molecular complexity index is 799. The minimum atomic E-state index is -0.732. The lowest BCUT2D eigenvalue weighted by Gasteiger charge is -2.60. The van der Waals surface area contributed by atoms with Gasteiger partial charge in [-0.25, -0.2) is 0 Å². The van der Waals surface area contributed by atoms with Gasteiger partial charge in [0.2, 0.25) is 0 Å². The number of carboxylic acid groups (broad SMARTS) is 1. The Hall–Kier alpha value is -1.65. The average Bonchev–Trinajstić information content (AvgIpc) is 3.16. The lowest BCUT2D eigenvalue weighted by atomic mass is 9.44. The van der Waals surface area contributed by atoms with Crippen molar-refractivity contribution in [3.8, 4) is 0 Å². The van der Waals surface area contributed by atoms with Crippen LogP contribution in [0.5, 0.6) is 0 Å². The van der Waals surface area contributed by atoms with Gasteiger partial charge < -0.3 is 9.84 Å². The van der Waals surface area contributed by atoms with Gasteiger partial charge in [-0.3, -0.25) is 14.4 Å². The van der Waals surface area contributed by atoms with Crippen molar-refractivity contribution in [1.82, 2.24) is 0 Å². The van der Waals surface area contributed by atoms with Gasteiger partial charge in [0, 0.05) is 18.3 Å². The van der Waals surface area contributed by atoms with Crippen LogP contribution in [-0.2, 0) is 19.1 Å². The second kappa shape index (κ2) is 5.70. The van der Waals surface area contributed by atoms with Gasteiger partial charge in [-0.2, -0.15) is 0 Å². The topological polar surface area (TPSA) is 80.7 Å². The average molecular weight is 386 g/mol. The molecule has 0 aromatic heterocycles. The molecule has 5 rings (SSSR count). The quantitative estimate of drug-likeness (QED) is 0.691. The molecule has 3 saturated carbocycles. The highest BCUT2D eigenvalue weighted by molar-refractivity contribution is 5.92. The zero-order valence-electron chi connectivity index (χ0n) is 16.8. The lowest BCUT2D eigenvalue weighted by molar-refractivity contribution is -0.176. The minimum Gasteiger partial charge on any atom is -0.481 e. The van der Waals surface area contributed by atoms with Crippen LogP contribution in [0, 0.1) is 34.5 Å². The van der Waals surface area contributed by atoms with Gasteiger partial charge in [-0.1, -0.05) is 19.4 Å². The van der Waals surface area contributed by atoms with E-state index in [1.54, 1.807) is 6.08 Å². The first-order chi connectivity index (χ1) is 13.2. The number of allylic oxidation sites excluding steroid dienone is 1. The number of hydrogen-bond acceptors (Lipinski definition) is 4. The summed E-state index contributed by atoms with van der Waals surface area (Å²) in [7, 11) is 0. The van der Waals surface area contributed by atoms with Crippen molar-refractivity contribution in [2.45, 2.75) is 77.2 Å². The molecule has 0 amide bonds. The SMILES string of the molecule is C[C@]12CCC(=O)C=C1C[C@@H](C(=O)O)[C@@H]1C2CC[C@@]2(C)[C@H]1CC[C@@]21CCC(=O)O1. The summed E-state index contributed by atoms with van der Waals surface area (Å²) in [4.78, 5) is 36.4. The van der Waals surface area contributed by atoms with Crippen molar-refractivity contribution in [2.75, 3.05) is 0 Å². The van der Waals surface area contributed by atoms with Crippen LogP contribution in [0.1, 0.15) is 71.6 Å². The van der Waals surface area contributed by atoms with E-state index in [2.05, 4.69) is 13.8 Å². The van der Waals surface area contributed by atoms with E-state index in [-0.39, 0.29) is 40.0 Å². The third kappa shape index (κ3) is 2.16. The maximum Gasteiger partial charge on any atom is 0.307 e. The molecule has 0 radical (unpaired) electrons. The molecule has 1 spiro atoms. The Labute approximate surface area is 165 Å². The van der Waals surface area contributed by atoms with E-state index in [1.165, 1.54) is 0 Å². The summed E-state index contributed by atoms with van der Waals surface area (Å²) in [6.45, 7) is 4.53. The lowest BCUT2D eigenvalue weighted by Crippen LogP contribution is -2.58. The Morgan fingerprint density at radius 2 is 1.82 bits per heavy atom. The monoisotopic (exact) mass is 386 g/mol. The summed E-state index contributed by atoms with van der Waals surface area (Å²) in [5, 5.41) is 10.1. The molecule has 4 aliphatic carbocycles. The summed E-state index contributed by atoms with van der Waals surface area (Å²) in [5.41, 5.74) is 0.493. The van der Waals surface area contributed by atoms with Crippen LogP contribution in [0.25, 0.3) is 0 Å². The Morgan fingerprint density at radius 3 is 2.50 bits per heavy atom. The molecule has 5 aliphatic rings. The number of ketones is 1. The predicted molar refractivity (Wildman–Crippen MR) is 101 cm³/mol. The summed E-state index contributed by atoms with van der Waals surface area (Å²) in [5.74, 6) is -0.443. The number of carbonyl (C=O) groups is 3. The van der Waals surface area contributed by atoms with E-state index in [0.717, 1.165) is 44.1 Å². The predicted octanol–water partition coefficient (Wildman–Crippen LogP) is 3.90. The van der Waals surface area contributed by atoms with Crippen LogP contribution in [0.3, 0.4) is 0 Å². The van der Waals surface area contributed by atoms with Gasteiger partial charge >= 0.3 is 11.9 Å². The molecular weight excluding hydrogens is 356 g/mol. The molecule has 5 heteroatoms. The first-order valence-electron chi connectivity index (χ1n) is 10.9. The number of carbonyl (C=O) groups excluding carboxylic acids is 2. The highest BCUT2D eigenvalue weighted by Gasteiger charge is 2.68. The first kappa shape index (κ1) is 18.4. The summed E-state index contributed by atoms with van der Waals surface area (Å²) >= 11 is 0. The van der Waals surface area contributed by atoms with E-state index in [4.69, 9.17) is 4.74 Å². The standard InChI is InChI=1S/C23H30O5/c1-21-7-3-14(24)11-13(21)12-15(20(26)27)19-16(21)4-8-22(2)17(19)5-9-23(22)10-6-18(25)28-23/h11,15-17,19H,3-10,12H2,1-2H3,(H,26,27)/t15-,16?,17+,19-,21+,22+,23-/m1/s1. The molecule has 1 unspecified atom stereocenters. The smallest absolute Gasteiger partial charge is 0.307 e. The molecule has 1 aliphatic heterocycles. The van der Waals surface area contributed by atoms with Gasteiger partial charge in [-0.15, -0.1) is 0 Å². The maximum atomic E-state index is 12.3. The zero-order valence-corrected chi connectivity index (χ0v) is 16.8. The number of ether oxygens (including phenoxy) is 1. The number of aliphatic carboxylic acids is 1. The third-order valence-electron chi connectivity index (χ3n) is 9.66. The molecule has 28 heavy (non-hydrogen) atoms. The van der Waals surface area contributed by atoms with Crippen molar-refractivity contribution in [3.05, 3.63) is 11.6 Å². The second-order valence-electron chi connectivity index (χ2n) is 10.5. The van der Waals surface area contributed by atoms with E-state index < -0.39 is 11.9 Å². The highest BCUT2D eigenvalue weighted by Crippen LogP contribution is 2.70. The van der Waals surface area contributed by atoms with Crippen LogP contribution in [0.2, 0.25) is 0 Å². The number of carboxylic acids is 1. The molecule has 0 aromatic rings. The van der Waals surface area contributed by atoms with Crippen molar-refractivity contribution >= 4 is 17.7 Å². The fraction of sp³-hybridized carbons (Fsp3) is 0.783. The largest absolute Gasteiger partial charge is 0.481 e. The number of rotatable bonds is 1. The fourth-order valence-electron chi connectivity index (χ4n) is 8.11. The maximum absolute atomic E-state index is 12.3. The zero-order chi connectivity index (χ0) is 19.9. The molecule has 5 nitrogen and oxygen atoms in total. The minimum absolute atomic E-state index is 0.0615. The Morgan fingerprint density at radius 1 is 1.07 bits per heavy atom. The van der Waals surface area contributed by atoms with Crippen LogP contribution in [-0.4, -0.2) is 28.4 Å². The molecule has 7 atom stereocenters. The molecule has 1 heterocycles. The molecule has 0 bridgehead atoms. The fourth-order valence-corrected chi connectivity index (χ4v) is 8.11. The molecule has 1 saturated heterocycles. The Balaban J connectivity index is 1.57. The van der Waals surface area contributed by atoms with E-state index in [0.29, 0.717) is 25.2 Å². The van der Waals surface area contributed by atoms with Gasteiger partial charge in [0.25, 0.3) is 0 Å².